The predicted molar refractivity (Wildman–Crippen MR) is 190 cm³/mol. The number of halogens is 2. The Labute approximate surface area is 299 Å². The minimum absolute atomic E-state index is 0.0251. The quantitative estimate of drug-likeness (QED) is 0.167. The molecule has 0 fully saturated rings. The Morgan fingerprint density at radius 3 is 2.18 bits per heavy atom. The van der Waals surface area contributed by atoms with Gasteiger partial charge in [0.05, 0.1) is 30.8 Å². The summed E-state index contributed by atoms with van der Waals surface area (Å²) < 4.78 is 29.4. The average molecular weight is 779 g/mol. The molecule has 2 amide bonds. The van der Waals surface area contributed by atoms with Gasteiger partial charge in [0.15, 0.2) is 25.9 Å². The third-order valence-corrected chi connectivity index (χ3v) is 14.1. The van der Waals surface area contributed by atoms with E-state index in [0.717, 1.165) is 0 Å². The maximum atomic E-state index is 14.3. The third-order valence-electron chi connectivity index (χ3n) is 8.75. The highest BCUT2D eigenvalue weighted by atomic mass is 79.9. The fourth-order valence-corrected chi connectivity index (χ4v) is 7.00. The molecule has 0 spiro atoms. The van der Waals surface area contributed by atoms with Crippen molar-refractivity contribution in [1.82, 2.24) is 10.6 Å². The number of amides is 2. The van der Waals surface area contributed by atoms with Gasteiger partial charge in [-0.25, -0.2) is 4.79 Å². The van der Waals surface area contributed by atoms with Crippen LogP contribution in [0.3, 0.4) is 0 Å². The van der Waals surface area contributed by atoms with Crippen molar-refractivity contribution in [3.8, 4) is 28.7 Å². The van der Waals surface area contributed by atoms with Crippen molar-refractivity contribution >= 4 is 53.6 Å². The second kappa shape index (κ2) is 15.0. The first-order valence-electron chi connectivity index (χ1n) is 15.3. The van der Waals surface area contributed by atoms with Gasteiger partial charge in [-0.05, 0) is 87.2 Å². The van der Waals surface area contributed by atoms with Gasteiger partial charge >= 0.3 is 5.97 Å². The van der Waals surface area contributed by atoms with Gasteiger partial charge in [0.2, 0.25) is 17.6 Å². The van der Waals surface area contributed by atoms with E-state index in [2.05, 4.69) is 26.6 Å². The van der Waals surface area contributed by atoms with Gasteiger partial charge in [0.25, 0.3) is 0 Å². The maximum absolute atomic E-state index is 14.3. The fourth-order valence-electron chi connectivity index (χ4n) is 4.95. The van der Waals surface area contributed by atoms with E-state index in [1.807, 2.05) is 33.9 Å². The molecular formula is C34H41BrClN3O9Si. The van der Waals surface area contributed by atoms with Gasteiger partial charge in [-0.2, -0.15) is 0 Å². The van der Waals surface area contributed by atoms with Crippen LogP contribution in [0.15, 0.2) is 53.0 Å². The highest BCUT2D eigenvalue weighted by molar-refractivity contribution is 9.10. The molecule has 5 N–H and O–H groups in total. The SMILES string of the molecule is COC(=O)[C@@H]1NC(=O)[C@H](c2ccc(OC)c(Br)c2)NC(=O)[C@H](N)c2cc(O)c(OC)c(c2)Oc2ccc(cc2Cl)[C@@H]1O[Si](C)(C)C(C)(C)C. The summed E-state index contributed by atoms with van der Waals surface area (Å²) in [7, 11) is 1.38. The summed E-state index contributed by atoms with van der Waals surface area (Å²) in [6.45, 7) is 10.1. The Morgan fingerprint density at radius 1 is 0.939 bits per heavy atom. The Balaban J connectivity index is 1.99. The van der Waals surface area contributed by atoms with Gasteiger partial charge in [0, 0.05) is 0 Å². The van der Waals surface area contributed by atoms with Crippen LogP contribution in [0.1, 0.15) is 55.6 Å². The molecule has 4 atom stereocenters. The van der Waals surface area contributed by atoms with Crippen molar-refractivity contribution in [2.24, 2.45) is 5.73 Å². The zero-order valence-corrected chi connectivity index (χ0v) is 31.8. The van der Waals surface area contributed by atoms with Crippen LogP contribution in [0.5, 0.6) is 28.7 Å². The van der Waals surface area contributed by atoms with E-state index in [9.17, 15) is 19.5 Å². The molecule has 3 aromatic rings. The standard InChI is InChI=1S/C34H41BrClN3O9Si/c1-34(2,3)49(7,8)48-29-18-10-12-24(21(36)14-18)47-25-16-19(15-22(40)30(25)45-5)26(37)31(41)38-27(32(42)39-28(29)33(43)46-6)17-9-11-23(44-4)20(35)13-17/h9-16,26-29,40H,37H2,1-8H3,(H,38,41)(H,39,42)/t26-,27+,28-,29+/m1/s1. The largest absolute Gasteiger partial charge is 0.504 e. The number of ether oxygens (including phenoxy) is 4. The molecule has 49 heavy (non-hydrogen) atoms. The normalized spacial score (nSPS) is 20.1. The summed E-state index contributed by atoms with van der Waals surface area (Å²) in [4.78, 5) is 41.7. The zero-order valence-electron chi connectivity index (χ0n) is 28.5. The van der Waals surface area contributed by atoms with E-state index >= 15 is 0 Å². The number of phenolic OH excluding ortho intramolecular Hbond substituents is 1. The lowest BCUT2D eigenvalue weighted by Gasteiger charge is -2.41. The van der Waals surface area contributed by atoms with Gasteiger partial charge < -0.3 is 44.8 Å². The van der Waals surface area contributed by atoms with Crippen LogP contribution < -0.4 is 30.6 Å². The number of methoxy groups -OCH3 is 3. The molecule has 3 aromatic carbocycles. The van der Waals surface area contributed by atoms with E-state index in [-0.39, 0.29) is 38.6 Å². The number of esters is 1. The minimum atomic E-state index is -2.65. The van der Waals surface area contributed by atoms with Crippen molar-refractivity contribution in [3.05, 3.63) is 74.7 Å². The van der Waals surface area contributed by atoms with Gasteiger partial charge in [-0.1, -0.05) is 44.5 Å². The topological polar surface area (TPSA) is 168 Å². The van der Waals surface area contributed by atoms with Crippen molar-refractivity contribution < 1.29 is 42.9 Å². The molecule has 264 valence electrons. The first-order chi connectivity index (χ1) is 22.9. The number of hydrogen-bond donors (Lipinski definition) is 4. The number of phenols is 1. The average Bonchev–Trinajstić information content (AvgIpc) is 3.04. The lowest BCUT2D eigenvalue weighted by molar-refractivity contribution is -0.148. The third kappa shape index (κ3) is 8.15. The number of rotatable bonds is 6. The van der Waals surface area contributed by atoms with E-state index < -0.39 is 50.3 Å². The zero-order chi connectivity index (χ0) is 36.4. The number of hydrogen-bond acceptors (Lipinski definition) is 10. The molecule has 4 bridgehead atoms. The Morgan fingerprint density at radius 2 is 1.61 bits per heavy atom. The van der Waals surface area contributed by atoms with Gasteiger partial charge in [0.1, 0.15) is 29.7 Å². The summed E-state index contributed by atoms with van der Waals surface area (Å²) in [6, 6.07) is 8.17. The summed E-state index contributed by atoms with van der Waals surface area (Å²) in [5, 5.41) is 16.1. The van der Waals surface area contributed by atoms with Crippen molar-refractivity contribution in [3.63, 3.8) is 0 Å². The molecule has 0 saturated carbocycles. The second-order valence-corrected chi connectivity index (χ2v) is 19.0. The second-order valence-electron chi connectivity index (χ2n) is 13.0. The Bertz CT molecular complexity index is 1750. The molecule has 0 saturated heterocycles. The van der Waals surface area contributed by atoms with Crippen molar-refractivity contribution in [2.75, 3.05) is 21.3 Å². The lowest BCUT2D eigenvalue weighted by Crippen LogP contribution is -2.54. The number of carbonyl (C=O) groups is 3. The highest BCUT2D eigenvalue weighted by Gasteiger charge is 2.44. The summed E-state index contributed by atoms with van der Waals surface area (Å²) >= 11 is 10.2. The van der Waals surface area contributed by atoms with E-state index in [1.165, 1.54) is 33.5 Å². The molecule has 0 aliphatic carbocycles. The van der Waals surface area contributed by atoms with E-state index in [0.29, 0.717) is 21.3 Å². The number of nitrogens with one attached hydrogen (secondary N) is 2. The first-order valence-corrected chi connectivity index (χ1v) is 19.3. The molecule has 2 aliphatic heterocycles. The van der Waals surface area contributed by atoms with Gasteiger partial charge in [-0.3, -0.25) is 9.59 Å². The molecule has 5 rings (SSSR count). The van der Waals surface area contributed by atoms with Crippen LogP contribution in [-0.2, 0) is 23.5 Å². The fraction of sp³-hybridized carbons (Fsp3) is 0.382. The molecule has 0 unspecified atom stereocenters. The number of aromatic hydroxyl groups is 1. The van der Waals surface area contributed by atoms with Gasteiger partial charge in [-0.15, -0.1) is 0 Å². The maximum Gasteiger partial charge on any atom is 0.331 e. The highest BCUT2D eigenvalue weighted by Crippen LogP contribution is 2.45. The van der Waals surface area contributed by atoms with E-state index in [1.54, 1.807) is 36.4 Å². The molecule has 0 radical (unpaired) electrons. The number of fused-ring (bicyclic) bond motifs is 9. The van der Waals surface area contributed by atoms with E-state index in [4.69, 9.17) is 40.7 Å². The molecule has 0 aromatic heterocycles. The van der Waals surface area contributed by atoms with Crippen LogP contribution in [0.25, 0.3) is 0 Å². The first kappa shape index (κ1) is 38.0. The lowest BCUT2D eigenvalue weighted by atomic mass is 9.99. The molecular weight excluding hydrogens is 738 g/mol. The van der Waals surface area contributed by atoms with Crippen molar-refractivity contribution in [1.29, 1.82) is 0 Å². The Hall–Kier alpha value is -3.82. The summed E-state index contributed by atoms with van der Waals surface area (Å²) in [6.07, 6.45) is -1.08. The predicted octanol–water partition coefficient (Wildman–Crippen LogP) is 6.21. The van der Waals surface area contributed by atoms with Crippen LogP contribution in [0, 0.1) is 0 Å². The smallest absolute Gasteiger partial charge is 0.331 e. The van der Waals surface area contributed by atoms with Crippen LogP contribution in [0.4, 0.5) is 0 Å². The molecule has 15 heteroatoms. The van der Waals surface area contributed by atoms with Crippen LogP contribution in [0.2, 0.25) is 23.2 Å². The summed E-state index contributed by atoms with van der Waals surface area (Å²) in [5.74, 6) is -2.02. The monoisotopic (exact) mass is 777 g/mol. The Kier molecular flexibility index (Phi) is 11.6. The summed E-state index contributed by atoms with van der Waals surface area (Å²) in [5.41, 5.74) is 7.35. The molecule has 2 heterocycles. The number of nitrogens with two attached hydrogens (primary N) is 1. The van der Waals surface area contributed by atoms with Crippen LogP contribution in [-0.4, -0.2) is 58.6 Å². The minimum Gasteiger partial charge on any atom is -0.504 e. The van der Waals surface area contributed by atoms with Crippen LogP contribution >= 0.6 is 27.5 Å². The molecule has 12 nitrogen and oxygen atoms in total. The number of benzene rings is 3. The van der Waals surface area contributed by atoms with Crippen molar-refractivity contribution in [2.45, 2.75) is 63.1 Å². The number of carbonyl (C=O) groups excluding carboxylic acids is 3. The molecule has 2 aliphatic rings.